The second kappa shape index (κ2) is 9.51. The molecule has 0 radical (unpaired) electrons. The number of carbonyl (C=O) groups excluding carboxylic acids is 1. The normalized spacial score (nSPS) is 14.4. The highest BCUT2D eigenvalue weighted by Gasteiger charge is 2.29. The van der Waals surface area contributed by atoms with Crippen molar-refractivity contribution >= 4 is 6.09 Å². The van der Waals surface area contributed by atoms with Crippen LogP contribution >= 0.6 is 0 Å². The molecule has 0 fully saturated rings. The van der Waals surface area contributed by atoms with Crippen LogP contribution in [0.2, 0.25) is 0 Å². The number of aliphatic hydroxyl groups is 2. The van der Waals surface area contributed by atoms with Crippen LogP contribution in [-0.4, -0.2) is 35.6 Å². The maximum absolute atomic E-state index is 13.7. The third-order valence-corrected chi connectivity index (χ3v) is 5.95. The van der Waals surface area contributed by atoms with Crippen LogP contribution in [0.15, 0.2) is 66.7 Å². The average molecular weight is 435 g/mol. The number of fused-ring (bicyclic) bond motifs is 3. The molecule has 166 valence electrons. The number of aliphatic hydroxyl groups excluding tert-OH is 2. The van der Waals surface area contributed by atoms with Crippen LogP contribution in [-0.2, 0) is 4.74 Å². The number of amides is 1. The second-order valence-electron chi connectivity index (χ2n) is 8.06. The monoisotopic (exact) mass is 435 g/mol. The fraction of sp³-hybridized carbons (Fsp3) is 0.269. The highest BCUT2D eigenvalue weighted by Crippen LogP contribution is 2.44. The molecule has 0 aromatic heterocycles. The van der Waals surface area contributed by atoms with E-state index in [1.165, 1.54) is 6.07 Å². The summed E-state index contributed by atoms with van der Waals surface area (Å²) in [5.41, 5.74) is 5.33. The number of carbonyl (C=O) groups is 1. The van der Waals surface area contributed by atoms with Gasteiger partial charge in [0.15, 0.2) is 0 Å². The van der Waals surface area contributed by atoms with Gasteiger partial charge < -0.3 is 20.3 Å². The van der Waals surface area contributed by atoms with Crippen molar-refractivity contribution in [3.63, 3.8) is 0 Å². The average Bonchev–Trinajstić information content (AvgIpc) is 3.12. The summed E-state index contributed by atoms with van der Waals surface area (Å²) in [5, 5.41) is 23.0. The van der Waals surface area contributed by atoms with Gasteiger partial charge in [0.05, 0.1) is 6.10 Å². The highest BCUT2D eigenvalue weighted by atomic mass is 19.1. The number of halogens is 1. The SMILES string of the molecule is Cc1ccc(C(O)C(O)CCNC(=O)OCC2c3ccccc3-c3ccccc32)cc1F. The van der Waals surface area contributed by atoms with Crippen LogP contribution < -0.4 is 5.32 Å². The molecule has 0 saturated heterocycles. The molecule has 0 spiro atoms. The van der Waals surface area contributed by atoms with Crippen molar-refractivity contribution in [2.45, 2.75) is 31.5 Å². The molecular weight excluding hydrogens is 409 g/mol. The quantitative estimate of drug-likeness (QED) is 0.512. The molecule has 2 unspecified atom stereocenters. The summed E-state index contributed by atoms with van der Waals surface area (Å²) in [4.78, 5) is 12.2. The molecular formula is C26H26FNO4. The van der Waals surface area contributed by atoms with E-state index in [1.807, 2.05) is 36.4 Å². The Labute approximate surface area is 186 Å². The third kappa shape index (κ3) is 4.52. The van der Waals surface area contributed by atoms with E-state index in [-0.39, 0.29) is 25.5 Å². The Balaban J connectivity index is 1.28. The molecule has 1 aliphatic carbocycles. The lowest BCUT2D eigenvalue weighted by molar-refractivity contribution is 0.0135. The van der Waals surface area contributed by atoms with Crippen LogP contribution in [0.4, 0.5) is 9.18 Å². The summed E-state index contributed by atoms with van der Waals surface area (Å²) in [5.74, 6) is -0.470. The van der Waals surface area contributed by atoms with E-state index in [0.717, 1.165) is 22.3 Å². The molecule has 0 bridgehead atoms. The van der Waals surface area contributed by atoms with Gasteiger partial charge in [0, 0.05) is 12.5 Å². The summed E-state index contributed by atoms with van der Waals surface area (Å²) in [7, 11) is 0. The molecule has 4 rings (SSSR count). The minimum Gasteiger partial charge on any atom is -0.449 e. The van der Waals surface area contributed by atoms with Crippen LogP contribution in [0.1, 0.15) is 40.7 Å². The highest BCUT2D eigenvalue weighted by molar-refractivity contribution is 5.79. The largest absolute Gasteiger partial charge is 0.449 e. The Hall–Kier alpha value is -3.22. The first-order valence-electron chi connectivity index (χ1n) is 10.7. The number of rotatable bonds is 7. The summed E-state index contributed by atoms with van der Waals surface area (Å²) >= 11 is 0. The smallest absolute Gasteiger partial charge is 0.407 e. The summed E-state index contributed by atoms with van der Waals surface area (Å²) in [6, 6.07) is 20.5. The topological polar surface area (TPSA) is 78.8 Å². The molecule has 32 heavy (non-hydrogen) atoms. The van der Waals surface area contributed by atoms with Gasteiger partial charge in [0.2, 0.25) is 0 Å². The van der Waals surface area contributed by atoms with Gasteiger partial charge >= 0.3 is 6.09 Å². The van der Waals surface area contributed by atoms with E-state index in [2.05, 4.69) is 17.4 Å². The van der Waals surface area contributed by atoms with Crippen molar-refractivity contribution in [3.8, 4) is 11.1 Å². The fourth-order valence-electron chi connectivity index (χ4n) is 4.14. The summed E-state index contributed by atoms with van der Waals surface area (Å²) < 4.78 is 19.1. The van der Waals surface area contributed by atoms with Crippen molar-refractivity contribution in [3.05, 3.63) is 94.8 Å². The zero-order valence-corrected chi connectivity index (χ0v) is 17.8. The second-order valence-corrected chi connectivity index (χ2v) is 8.06. The molecule has 1 aliphatic rings. The minimum atomic E-state index is -1.24. The molecule has 2 atom stereocenters. The number of hydrogen-bond donors (Lipinski definition) is 3. The number of nitrogens with one attached hydrogen (secondary N) is 1. The molecule has 0 heterocycles. The van der Waals surface area contributed by atoms with Gasteiger partial charge in [-0.15, -0.1) is 0 Å². The van der Waals surface area contributed by atoms with E-state index < -0.39 is 24.1 Å². The molecule has 3 N–H and O–H groups in total. The van der Waals surface area contributed by atoms with Crippen molar-refractivity contribution in [2.24, 2.45) is 0 Å². The summed E-state index contributed by atoms with van der Waals surface area (Å²) in [6.07, 6.45) is -2.88. The molecule has 6 heteroatoms. The van der Waals surface area contributed by atoms with Crippen molar-refractivity contribution < 1.29 is 24.1 Å². The van der Waals surface area contributed by atoms with Crippen LogP contribution in [0.3, 0.4) is 0 Å². The third-order valence-electron chi connectivity index (χ3n) is 5.95. The Morgan fingerprint density at radius 3 is 2.28 bits per heavy atom. The minimum absolute atomic E-state index is 0.0306. The van der Waals surface area contributed by atoms with Gasteiger partial charge in [0.25, 0.3) is 0 Å². The van der Waals surface area contributed by atoms with E-state index >= 15 is 0 Å². The first-order chi connectivity index (χ1) is 15.5. The lowest BCUT2D eigenvalue weighted by atomic mass is 9.98. The van der Waals surface area contributed by atoms with Gasteiger partial charge in [-0.2, -0.15) is 0 Å². The Morgan fingerprint density at radius 2 is 1.66 bits per heavy atom. The fourth-order valence-corrected chi connectivity index (χ4v) is 4.14. The Morgan fingerprint density at radius 1 is 1.03 bits per heavy atom. The van der Waals surface area contributed by atoms with E-state index in [1.54, 1.807) is 19.1 Å². The maximum Gasteiger partial charge on any atom is 0.407 e. The molecule has 3 aromatic carbocycles. The van der Waals surface area contributed by atoms with Crippen molar-refractivity contribution in [1.82, 2.24) is 5.32 Å². The number of hydrogen-bond acceptors (Lipinski definition) is 4. The molecule has 5 nitrogen and oxygen atoms in total. The van der Waals surface area contributed by atoms with E-state index in [4.69, 9.17) is 4.74 Å². The predicted octanol–water partition coefficient (Wildman–Crippen LogP) is 4.46. The van der Waals surface area contributed by atoms with Gasteiger partial charge in [0.1, 0.15) is 18.5 Å². The van der Waals surface area contributed by atoms with Crippen molar-refractivity contribution in [1.29, 1.82) is 0 Å². The van der Waals surface area contributed by atoms with Crippen LogP contribution in [0.5, 0.6) is 0 Å². The zero-order valence-electron chi connectivity index (χ0n) is 17.8. The number of ether oxygens (including phenoxy) is 1. The first-order valence-corrected chi connectivity index (χ1v) is 10.7. The van der Waals surface area contributed by atoms with Crippen LogP contribution in [0.25, 0.3) is 11.1 Å². The van der Waals surface area contributed by atoms with Gasteiger partial charge in [-0.3, -0.25) is 0 Å². The maximum atomic E-state index is 13.7. The van der Waals surface area contributed by atoms with Crippen LogP contribution in [0, 0.1) is 12.7 Å². The van der Waals surface area contributed by atoms with Crippen molar-refractivity contribution in [2.75, 3.05) is 13.2 Å². The zero-order chi connectivity index (χ0) is 22.7. The number of alkyl carbamates (subject to hydrolysis) is 1. The Kier molecular flexibility index (Phi) is 6.53. The summed E-state index contributed by atoms with van der Waals surface area (Å²) in [6.45, 7) is 1.94. The predicted molar refractivity (Wildman–Crippen MR) is 120 cm³/mol. The van der Waals surface area contributed by atoms with E-state index in [9.17, 15) is 19.4 Å². The molecule has 0 saturated carbocycles. The first kappa shape index (κ1) is 22.0. The molecule has 1 amide bonds. The Bertz CT molecular complexity index is 1070. The lowest BCUT2D eigenvalue weighted by Gasteiger charge is -2.19. The number of aryl methyl sites for hydroxylation is 1. The molecule has 0 aliphatic heterocycles. The number of benzene rings is 3. The standard InChI is InChI=1S/C26H26FNO4/c1-16-10-11-17(14-23(16)27)25(30)24(29)12-13-28-26(31)32-15-22-20-8-4-2-6-18(20)19-7-3-5-9-21(19)22/h2-11,14,22,24-25,29-30H,12-13,15H2,1H3,(H,28,31). The van der Waals surface area contributed by atoms with E-state index in [0.29, 0.717) is 11.1 Å². The lowest BCUT2D eigenvalue weighted by Crippen LogP contribution is -2.30. The van der Waals surface area contributed by atoms with Gasteiger partial charge in [-0.05, 0) is 52.8 Å². The van der Waals surface area contributed by atoms with Gasteiger partial charge in [-0.25, -0.2) is 9.18 Å². The van der Waals surface area contributed by atoms with Gasteiger partial charge in [-0.1, -0.05) is 60.7 Å². The molecule has 3 aromatic rings.